The monoisotopic (exact) mass is 210 g/mol. The maximum atomic E-state index is 11.8. The van der Waals surface area contributed by atoms with Crippen molar-refractivity contribution in [2.24, 2.45) is 0 Å². The summed E-state index contributed by atoms with van der Waals surface area (Å²) in [6.45, 7) is 4.00. The van der Waals surface area contributed by atoms with Crippen LogP contribution in [0.25, 0.3) is 0 Å². The summed E-state index contributed by atoms with van der Waals surface area (Å²) in [6.07, 6.45) is -4.40. The first-order valence-corrected chi connectivity index (χ1v) is 3.80. The summed E-state index contributed by atoms with van der Waals surface area (Å²) >= 11 is 0. The Kier molecular flexibility index (Phi) is 4.13. The van der Waals surface area contributed by atoms with Gasteiger partial charge in [-0.2, -0.15) is 13.2 Å². The molecule has 0 radical (unpaired) electrons. The number of nitrogens with one attached hydrogen (secondary N) is 2. The molecule has 0 bridgehead atoms. The van der Waals surface area contributed by atoms with Crippen molar-refractivity contribution >= 4 is 0 Å². The van der Waals surface area contributed by atoms with Crippen molar-refractivity contribution in [3.8, 4) is 0 Å². The zero-order chi connectivity index (χ0) is 11.4. The molecule has 1 aromatic heterocycles. The van der Waals surface area contributed by atoms with Crippen molar-refractivity contribution in [2.75, 3.05) is 0 Å². The van der Waals surface area contributed by atoms with Gasteiger partial charge in [-0.25, -0.2) is 4.79 Å². The van der Waals surface area contributed by atoms with Gasteiger partial charge in [0.25, 0.3) is 5.56 Å². The van der Waals surface area contributed by atoms with Crippen molar-refractivity contribution in [1.82, 2.24) is 9.97 Å². The lowest BCUT2D eigenvalue weighted by molar-refractivity contribution is -0.139. The molecular weight excluding hydrogens is 201 g/mol. The predicted octanol–water partition coefficient (Wildman–Crippen LogP) is 1.11. The van der Waals surface area contributed by atoms with Gasteiger partial charge in [-0.05, 0) is 0 Å². The van der Waals surface area contributed by atoms with Crippen molar-refractivity contribution in [3.63, 3.8) is 0 Å². The number of H-pyrrole nitrogens is 2. The molecule has 0 atom stereocenters. The van der Waals surface area contributed by atoms with Gasteiger partial charge in [-0.15, -0.1) is 0 Å². The minimum Gasteiger partial charge on any atom is -0.313 e. The maximum absolute atomic E-state index is 11.8. The Hall–Kier alpha value is -1.53. The molecule has 1 heterocycles. The summed E-state index contributed by atoms with van der Waals surface area (Å²) in [7, 11) is 0. The smallest absolute Gasteiger partial charge is 0.313 e. The topological polar surface area (TPSA) is 65.7 Å². The van der Waals surface area contributed by atoms with E-state index in [2.05, 4.69) is 0 Å². The molecule has 2 N–H and O–H groups in total. The maximum Gasteiger partial charge on any atom is 0.423 e. The highest BCUT2D eigenvalue weighted by molar-refractivity contribution is 5.07. The van der Waals surface area contributed by atoms with Crippen LogP contribution in [0.4, 0.5) is 13.2 Å². The lowest BCUT2D eigenvalue weighted by Gasteiger charge is -2.02. The van der Waals surface area contributed by atoms with Crippen LogP contribution in [0, 0.1) is 0 Å². The largest absolute Gasteiger partial charge is 0.423 e. The first kappa shape index (κ1) is 12.5. The Balaban J connectivity index is 0.000000791. The number of hydrogen-bond acceptors (Lipinski definition) is 2. The summed E-state index contributed by atoms with van der Waals surface area (Å²) in [4.78, 5) is 24.0. The summed E-state index contributed by atoms with van der Waals surface area (Å²) in [6, 6.07) is 0. The van der Waals surface area contributed by atoms with Gasteiger partial charge in [0.05, 0.1) is 0 Å². The highest BCUT2D eigenvalue weighted by Gasteiger charge is 2.34. The number of halogens is 3. The van der Waals surface area contributed by atoms with Crippen LogP contribution in [0.2, 0.25) is 0 Å². The van der Waals surface area contributed by atoms with Crippen LogP contribution in [-0.2, 0) is 6.18 Å². The van der Waals surface area contributed by atoms with E-state index < -0.39 is 23.0 Å². The number of aromatic nitrogens is 2. The van der Waals surface area contributed by atoms with Crippen LogP contribution in [0.5, 0.6) is 0 Å². The number of aromatic amines is 2. The summed E-state index contributed by atoms with van der Waals surface area (Å²) in [5, 5.41) is 0. The van der Waals surface area contributed by atoms with Crippen molar-refractivity contribution < 1.29 is 13.2 Å². The van der Waals surface area contributed by atoms with E-state index in [1.165, 1.54) is 4.98 Å². The Labute approximate surface area is 76.8 Å². The zero-order valence-electron chi connectivity index (χ0n) is 7.53. The van der Waals surface area contributed by atoms with E-state index in [-0.39, 0.29) is 0 Å². The molecule has 0 aliphatic rings. The molecule has 14 heavy (non-hydrogen) atoms. The van der Waals surface area contributed by atoms with E-state index >= 15 is 0 Å². The predicted molar refractivity (Wildman–Crippen MR) is 44.0 cm³/mol. The molecule has 4 nitrogen and oxygen atoms in total. The van der Waals surface area contributed by atoms with Crippen LogP contribution in [0.1, 0.15) is 19.4 Å². The first-order valence-electron chi connectivity index (χ1n) is 3.80. The van der Waals surface area contributed by atoms with Gasteiger partial charge in [-0.1, -0.05) is 13.8 Å². The van der Waals surface area contributed by atoms with Gasteiger partial charge in [0.15, 0.2) is 0 Å². The van der Waals surface area contributed by atoms with E-state index in [0.29, 0.717) is 6.20 Å². The van der Waals surface area contributed by atoms with E-state index in [1.54, 1.807) is 4.98 Å². The van der Waals surface area contributed by atoms with E-state index in [4.69, 9.17) is 0 Å². The molecule has 0 spiro atoms. The minimum atomic E-state index is -4.74. The van der Waals surface area contributed by atoms with Gasteiger partial charge in [0, 0.05) is 6.20 Å². The zero-order valence-corrected chi connectivity index (χ0v) is 7.53. The number of hydrogen-bond donors (Lipinski definition) is 2. The lowest BCUT2D eigenvalue weighted by atomic mass is 10.3. The standard InChI is InChI=1S/C5H3F3N2O2.C2H6/c6-5(7,8)2-1-9-4(12)10-3(2)11;1-2/h1H,(H2,9,10,11,12);1-2H3. The normalized spacial score (nSPS) is 10.4. The van der Waals surface area contributed by atoms with Crippen LogP contribution in [-0.4, -0.2) is 9.97 Å². The van der Waals surface area contributed by atoms with Crippen LogP contribution in [0.3, 0.4) is 0 Å². The highest BCUT2D eigenvalue weighted by atomic mass is 19.4. The van der Waals surface area contributed by atoms with Crippen LogP contribution < -0.4 is 11.2 Å². The Morgan fingerprint density at radius 1 is 1.21 bits per heavy atom. The molecule has 0 aromatic carbocycles. The molecule has 1 rings (SSSR count). The van der Waals surface area contributed by atoms with Crippen LogP contribution in [0.15, 0.2) is 15.8 Å². The van der Waals surface area contributed by atoms with E-state index in [1.807, 2.05) is 13.8 Å². The molecule has 7 heteroatoms. The average Bonchev–Trinajstić information content (AvgIpc) is 2.05. The van der Waals surface area contributed by atoms with Crippen LogP contribution >= 0.6 is 0 Å². The number of rotatable bonds is 0. The molecule has 0 saturated heterocycles. The molecule has 0 aliphatic heterocycles. The van der Waals surface area contributed by atoms with Gasteiger partial charge < -0.3 is 4.98 Å². The van der Waals surface area contributed by atoms with Crippen molar-refractivity contribution in [1.29, 1.82) is 0 Å². The van der Waals surface area contributed by atoms with E-state index in [0.717, 1.165) is 0 Å². The third-order valence-electron chi connectivity index (χ3n) is 1.12. The molecule has 0 aliphatic carbocycles. The fraction of sp³-hybridized carbons (Fsp3) is 0.429. The minimum absolute atomic E-state index is 0.334. The quantitative estimate of drug-likeness (QED) is 0.673. The fourth-order valence-corrected chi connectivity index (χ4v) is 0.620. The fourth-order valence-electron chi connectivity index (χ4n) is 0.620. The average molecular weight is 210 g/mol. The third kappa shape index (κ3) is 3.08. The molecule has 0 fully saturated rings. The van der Waals surface area contributed by atoms with Crippen molar-refractivity contribution in [2.45, 2.75) is 20.0 Å². The molecule has 1 aromatic rings. The number of alkyl halides is 3. The van der Waals surface area contributed by atoms with Gasteiger partial charge >= 0.3 is 11.9 Å². The molecule has 80 valence electrons. The van der Waals surface area contributed by atoms with Gasteiger partial charge in [-0.3, -0.25) is 9.78 Å². The summed E-state index contributed by atoms with van der Waals surface area (Å²) in [5.41, 5.74) is -3.82. The van der Waals surface area contributed by atoms with Crippen molar-refractivity contribution in [3.05, 3.63) is 32.6 Å². The summed E-state index contributed by atoms with van der Waals surface area (Å²) in [5.74, 6) is 0. The summed E-state index contributed by atoms with van der Waals surface area (Å²) < 4.78 is 35.5. The molecule has 0 amide bonds. The molecular formula is C7H9F3N2O2. The van der Waals surface area contributed by atoms with E-state index in [9.17, 15) is 22.8 Å². The Morgan fingerprint density at radius 3 is 2.07 bits per heavy atom. The van der Waals surface area contributed by atoms with Gasteiger partial charge in [0.1, 0.15) is 5.56 Å². The Bertz CT molecular complexity index is 391. The first-order chi connectivity index (χ1) is 6.41. The lowest BCUT2D eigenvalue weighted by Crippen LogP contribution is -2.28. The third-order valence-corrected chi connectivity index (χ3v) is 1.12. The molecule has 0 saturated carbocycles. The van der Waals surface area contributed by atoms with Gasteiger partial charge in [0.2, 0.25) is 0 Å². The second kappa shape index (κ2) is 4.64. The molecule has 0 unspecified atom stereocenters. The SMILES string of the molecule is CC.O=c1[nH]cc(C(F)(F)F)c(=O)[nH]1. The second-order valence-electron chi connectivity index (χ2n) is 1.98. The Morgan fingerprint density at radius 2 is 1.71 bits per heavy atom. The highest BCUT2D eigenvalue weighted by Crippen LogP contribution is 2.24. The second-order valence-corrected chi connectivity index (χ2v) is 1.98.